The van der Waals surface area contributed by atoms with Crippen molar-refractivity contribution < 1.29 is 18.7 Å². The molecule has 2 amide bonds. The van der Waals surface area contributed by atoms with E-state index in [-0.39, 0.29) is 17.9 Å². The molecule has 0 spiro atoms. The van der Waals surface area contributed by atoms with Gasteiger partial charge in [0.2, 0.25) is 0 Å². The van der Waals surface area contributed by atoms with Crippen molar-refractivity contribution in [3.63, 3.8) is 0 Å². The Balaban J connectivity index is 1.65. The van der Waals surface area contributed by atoms with Gasteiger partial charge in [-0.3, -0.25) is 4.90 Å². The third-order valence-electron chi connectivity index (χ3n) is 7.47. The Labute approximate surface area is 205 Å². The Hall–Kier alpha value is -3.33. The van der Waals surface area contributed by atoms with E-state index in [2.05, 4.69) is 22.2 Å². The molecule has 35 heavy (non-hydrogen) atoms. The van der Waals surface area contributed by atoms with Gasteiger partial charge >= 0.3 is 6.03 Å². The van der Waals surface area contributed by atoms with E-state index in [0.29, 0.717) is 41.4 Å². The third kappa shape index (κ3) is 3.97. The van der Waals surface area contributed by atoms with Crippen molar-refractivity contribution in [3.05, 3.63) is 52.8 Å². The van der Waals surface area contributed by atoms with Gasteiger partial charge in [0.15, 0.2) is 11.5 Å². The highest BCUT2D eigenvalue weighted by molar-refractivity contribution is 6.15. The van der Waals surface area contributed by atoms with Crippen LogP contribution in [0.4, 0.5) is 14.9 Å². The molecule has 2 saturated heterocycles. The summed E-state index contributed by atoms with van der Waals surface area (Å²) in [5.41, 5.74) is 3.73. The molecule has 2 aromatic carbocycles. The summed E-state index contributed by atoms with van der Waals surface area (Å²) in [5, 5.41) is 8.96. The van der Waals surface area contributed by atoms with Gasteiger partial charge in [-0.25, -0.2) is 14.2 Å². The second kappa shape index (κ2) is 9.03. The summed E-state index contributed by atoms with van der Waals surface area (Å²) in [7, 11) is 6.90. The number of carbonyl (C=O) groups is 1. The van der Waals surface area contributed by atoms with Crippen LogP contribution in [0.25, 0.3) is 0 Å². The van der Waals surface area contributed by atoms with Gasteiger partial charge in [0.05, 0.1) is 31.7 Å². The minimum absolute atomic E-state index is 0.200. The molecule has 2 bridgehead atoms. The van der Waals surface area contributed by atoms with Crippen molar-refractivity contribution in [1.82, 2.24) is 15.2 Å². The molecule has 3 heterocycles. The molecule has 0 aromatic heterocycles. The van der Waals surface area contributed by atoms with Crippen LogP contribution in [0.2, 0.25) is 0 Å². The van der Waals surface area contributed by atoms with Gasteiger partial charge in [-0.1, -0.05) is 0 Å². The SMILES string of the molecule is CNC(=O)N1N=C(c2ccc(F)c(N3C[C@@H]4C[C@H]3CN4C)c2)c2cc(OC)c(OC)cc2C[C@@H]1C. The highest BCUT2D eigenvalue weighted by atomic mass is 19.1. The number of ether oxygens (including phenoxy) is 2. The predicted molar refractivity (Wildman–Crippen MR) is 133 cm³/mol. The number of piperazine rings is 1. The van der Waals surface area contributed by atoms with E-state index in [9.17, 15) is 4.79 Å². The molecular formula is C26H32FN5O3. The van der Waals surface area contributed by atoms with Crippen LogP contribution in [0.3, 0.4) is 0 Å². The van der Waals surface area contributed by atoms with Crippen molar-refractivity contribution >= 4 is 17.4 Å². The fourth-order valence-corrected chi connectivity index (χ4v) is 5.59. The fourth-order valence-electron chi connectivity index (χ4n) is 5.59. The number of anilines is 1. The minimum Gasteiger partial charge on any atom is -0.493 e. The van der Waals surface area contributed by atoms with E-state index in [4.69, 9.17) is 14.6 Å². The second-order valence-electron chi connectivity index (χ2n) is 9.57. The van der Waals surface area contributed by atoms with Gasteiger partial charge in [-0.2, -0.15) is 5.10 Å². The van der Waals surface area contributed by atoms with Crippen LogP contribution < -0.4 is 19.7 Å². The van der Waals surface area contributed by atoms with Gasteiger partial charge < -0.3 is 19.7 Å². The summed E-state index contributed by atoms with van der Waals surface area (Å²) in [6.07, 6.45) is 1.62. The van der Waals surface area contributed by atoms with Crippen molar-refractivity contribution in [2.75, 3.05) is 46.3 Å². The number of fused-ring (bicyclic) bond motifs is 3. The van der Waals surface area contributed by atoms with E-state index < -0.39 is 0 Å². The van der Waals surface area contributed by atoms with Gasteiger partial charge in [0.1, 0.15) is 5.82 Å². The number of hydrogen-bond acceptors (Lipinski definition) is 6. The number of likely N-dealkylation sites (tertiary alicyclic amines) is 1. The first-order valence-electron chi connectivity index (χ1n) is 12.0. The van der Waals surface area contributed by atoms with Crippen LogP contribution >= 0.6 is 0 Å². The van der Waals surface area contributed by atoms with Crippen LogP contribution in [0.1, 0.15) is 30.0 Å². The lowest BCUT2D eigenvalue weighted by molar-refractivity contribution is 0.184. The smallest absolute Gasteiger partial charge is 0.337 e. The number of methoxy groups -OCH3 is 2. The van der Waals surface area contributed by atoms with Crippen LogP contribution in [0.15, 0.2) is 35.4 Å². The number of hydrazone groups is 1. The average molecular weight is 482 g/mol. The molecule has 186 valence electrons. The Morgan fingerprint density at radius 3 is 2.49 bits per heavy atom. The Morgan fingerprint density at radius 1 is 1.11 bits per heavy atom. The first kappa shape index (κ1) is 23.4. The maximum Gasteiger partial charge on any atom is 0.337 e. The highest BCUT2D eigenvalue weighted by Crippen LogP contribution is 2.38. The first-order valence-corrected chi connectivity index (χ1v) is 12.0. The number of halogens is 1. The average Bonchev–Trinajstić information content (AvgIpc) is 3.40. The lowest BCUT2D eigenvalue weighted by atomic mass is 9.93. The summed E-state index contributed by atoms with van der Waals surface area (Å²) in [6, 6.07) is 9.17. The standard InChI is InChI=1S/C26H32FN5O3/c1-15-8-17-10-23(34-4)24(35-5)12-20(17)25(29-32(15)26(33)28-2)16-6-7-21(27)22(9-16)31-14-18-11-19(31)13-30(18)3/h6-7,9-10,12,15,18-19H,8,11,13-14H2,1-5H3,(H,28,33)/t15-,18-,19-/m0/s1. The topological polar surface area (TPSA) is 69.6 Å². The number of carbonyl (C=O) groups excluding carboxylic acids is 1. The van der Waals surface area contributed by atoms with Crippen molar-refractivity contribution in [2.24, 2.45) is 5.10 Å². The number of benzene rings is 2. The zero-order valence-electron chi connectivity index (χ0n) is 20.8. The molecule has 3 atom stereocenters. The zero-order chi connectivity index (χ0) is 24.9. The number of rotatable bonds is 4. The Morgan fingerprint density at radius 2 is 1.86 bits per heavy atom. The van der Waals surface area contributed by atoms with Gasteiger partial charge in [-0.15, -0.1) is 0 Å². The van der Waals surface area contributed by atoms with Gasteiger partial charge in [-0.05, 0) is 62.7 Å². The van der Waals surface area contributed by atoms with Gasteiger partial charge in [0, 0.05) is 43.3 Å². The number of nitrogens with one attached hydrogen (secondary N) is 1. The lowest BCUT2D eigenvalue weighted by Gasteiger charge is -2.34. The molecule has 0 saturated carbocycles. The monoisotopic (exact) mass is 481 g/mol. The van der Waals surface area contributed by atoms with Crippen LogP contribution in [0, 0.1) is 5.82 Å². The van der Waals surface area contributed by atoms with E-state index in [0.717, 1.165) is 36.2 Å². The molecular weight excluding hydrogens is 449 g/mol. The Kier molecular flexibility index (Phi) is 6.04. The Bertz CT molecular complexity index is 1180. The largest absolute Gasteiger partial charge is 0.493 e. The number of amides is 2. The van der Waals surface area contributed by atoms with E-state index in [1.54, 1.807) is 27.3 Å². The molecule has 0 radical (unpaired) electrons. The van der Waals surface area contributed by atoms with E-state index >= 15 is 4.39 Å². The first-order chi connectivity index (χ1) is 16.8. The minimum atomic E-state index is -0.302. The van der Waals surface area contributed by atoms with Gasteiger partial charge in [0.25, 0.3) is 0 Å². The molecule has 9 heteroatoms. The van der Waals surface area contributed by atoms with E-state index in [1.165, 1.54) is 11.1 Å². The van der Waals surface area contributed by atoms with Crippen LogP contribution in [0.5, 0.6) is 11.5 Å². The van der Waals surface area contributed by atoms with Crippen molar-refractivity contribution in [3.8, 4) is 11.5 Å². The zero-order valence-corrected chi connectivity index (χ0v) is 20.8. The molecule has 0 aliphatic carbocycles. The predicted octanol–water partition coefficient (Wildman–Crippen LogP) is 3.07. The lowest BCUT2D eigenvalue weighted by Crippen LogP contribution is -2.45. The summed E-state index contributed by atoms with van der Waals surface area (Å²) in [5.74, 6) is 0.938. The molecule has 3 aliphatic heterocycles. The number of hydrogen-bond donors (Lipinski definition) is 1. The second-order valence-corrected chi connectivity index (χ2v) is 9.57. The van der Waals surface area contributed by atoms with Crippen LogP contribution in [-0.2, 0) is 6.42 Å². The fraction of sp³-hybridized carbons (Fsp3) is 0.462. The molecule has 8 nitrogen and oxygen atoms in total. The number of likely N-dealkylation sites (N-methyl/N-ethyl adjacent to an activating group) is 1. The highest BCUT2D eigenvalue weighted by Gasteiger charge is 2.42. The maximum absolute atomic E-state index is 15.1. The van der Waals surface area contributed by atoms with E-state index in [1.807, 2.05) is 25.1 Å². The summed E-state index contributed by atoms with van der Waals surface area (Å²) in [6.45, 7) is 3.68. The molecule has 2 aromatic rings. The molecule has 0 unspecified atom stereocenters. The third-order valence-corrected chi connectivity index (χ3v) is 7.47. The maximum atomic E-state index is 15.1. The summed E-state index contributed by atoms with van der Waals surface area (Å²) >= 11 is 0. The summed E-state index contributed by atoms with van der Waals surface area (Å²) < 4.78 is 26.2. The normalized spacial score (nSPS) is 23.6. The quantitative estimate of drug-likeness (QED) is 0.727. The van der Waals surface area contributed by atoms with Crippen molar-refractivity contribution in [1.29, 1.82) is 0 Å². The molecule has 2 fully saturated rings. The van der Waals surface area contributed by atoms with Crippen molar-refractivity contribution in [2.45, 2.75) is 37.9 Å². The summed E-state index contributed by atoms with van der Waals surface area (Å²) in [4.78, 5) is 17.3. The van der Waals surface area contributed by atoms with Crippen LogP contribution in [-0.4, -0.2) is 81.2 Å². The number of urea groups is 1. The molecule has 3 aliphatic rings. The molecule has 5 rings (SSSR count). The number of nitrogens with zero attached hydrogens (tertiary/aromatic N) is 4. The molecule has 1 N–H and O–H groups in total.